The van der Waals surface area contributed by atoms with E-state index < -0.39 is 0 Å². The second-order valence-corrected chi connectivity index (χ2v) is 8.11. The van der Waals surface area contributed by atoms with Crippen LogP contribution in [0.25, 0.3) is 11.4 Å². The zero-order valence-corrected chi connectivity index (χ0v) is 16.3. The SMILES string of the molecule is Clc1cccc(CN2CC[C@]3(COCc4cnc(-c5cccnc5)nc43)C2)c1. The molecular weight excluding hydrogens is 372 g/mol. The molecule has 2 aromatic heterocycles. The van der Waals surface area contributed by atoms with Crippen molar-refractivity contribution in [1.82, 2.24) is 19.9 Å². The van der Waals surface area contributed by atoms with Crippen LogP contribution in [0.2, 0.25) is 5.02 Å². The number of nitrogens with zero attached hydrogens (tertiary/aromatic N) is 4. The Bertz CT molecular complexity index is 997. The maximum absolute atomic E-state index is 6.15. The molecule has 0 unspecified atom stereocenters. The van der Waals surface area contributed by atoms with E-state index >= 15 is 0 Å². The van der Waals surface area contributed by atoms with E-state index in [1.54, 1.807) is 6.20 Å². The number of benzene rings is 1. The highest BCUT2D eigenvalue weighted by atomic mass is 35.5. The number of aromatic nitrogens is 3. The third-order valence-electron chi connectivity index (χ3n) is 5.65. The molecule has 5 rings (SSSR count). The smallest absolute Gasteiger partial charge is 0.160 e. The fraction of sp³-hybridized carbons (Fsp3) is 0.318. The first-order valence-corrected chi connectivity index (χ1v) is 9.91. The fourth-order valence-electron chi connectivity index (χ4n) is 4.33. The number of rotatable bonds is 3. The molecule has 1 spiro atoms. The molecule has 6 heteroatoms. The van der Waals surface area contributed by atoms with E-state index in [2.05, 4.69) is 20.9 Å². The quantitative estimate of drug-likeness (QED) is 0.677. The van der Waals surface area contributed by atoms with Gasteiger partial charge < -0.3 is 4.74 Å². The van der Waals surface area contributed by atoms with Gasteiger partial charge in [0.2, 0.25) is 0 Å². The Balaban J connectivity index is 1.44. The number of ether oxygens (including phenoxy) is 1. The summed E-state index contributed by atoms with van der Waals surface area (Å²) < 4.78 is 5.96. The lowest BCUT2D eigenvalue weighted by Gasteiger charge is -2.34. The maximum Gasteiger partial charge on any atom is 0.160 e. The van der Waals surface area contributed by atoms with Gasteiger partial charge in [-0.3, -0.25) is 9.88 Å². The molecule has 4 heterocycles. The van der Waals surface area contributed by atoms with Gasteiger partial charge in [0.25, 0.3) is 0 Å². The van der Waals surface area contributed by atoms with Gasteiger partial charge in [-0.2, -0.15) is 0 Å². The number of likely N-dealkylation sites (tertiary alicyclic amines) is 1. The molecule has 0 aliphatic carbocycles. The van der Waals surface area contributed by atoms with Crippen molar-refractivity contribution in [2.45, 2.75) is 25.0 Å². The van der Waals surface area contributed by atoms with Gasteiger partial charge >= 0.3 is 0 Å². The van der Waals surface area contributed by atoms with Gasteiger partial charge in [-0.05, 0) is 42.8 Å². The topological polar surface area (TPSA) is 51.1 Å². The molecule has 28 heavy (non-hydrogen) atoms. The van der Waals surface area contributed by atoms with Crippen LogP contribution < -0.4 is 0 Å². The third-order valence-corrected chi connectivity index (χ3v) is 5.89. The van der Waals surface area contributed by atoms with E-state index in [1.807, 2.05) is 42.7 Å². The largest absolute Gasteiger partial charge is 0.376 e. The first-order chi connectivity index (χ1) is 13.7. The fourth-order valence-corrected chi connectivity index (χ4v) is 4.54. The van der Waals surface area contributed by atoms with Gasteiger partial charge in [0.1, 0.15) is 0 Å². The Kier molecular flexibility index (Phi) is 4.59. The molecule has 1 atom stereocenters. The van der Waals surface area contributed by atoms with Crippen LogP contribution in [0.15, 0.2) is 55.0 Å². The summed E-state index contributed by atoms with van der Waals surface area (Å²) >= 11 is 6.15. The predicted octanol–water partition coefficient (Wildman–Crippen LogP) is 3.87. The highest BCUT2D eigenvalue weighted by Crippen LogP contribution is 2.40. The normalized spacial score (nSPS) is 21.8. The standard InChI is InChI=1S/C22H21ClN4O/c23-19-5-1-3-16(9-19)12-27-8-6-22(14-27)15-28-13-18-11-25-21(26-20(18)22)17-4-2-7-24-10-17/h1-5,7,9-11H,6,8,12-15H2/t22-/m1/s1. The van der Waals surface area contributed by atoms with Crippen molar-refractivity contribution >= 4 is 11.6 Å². The van der Waals surface area contributed by atoms with Crippen LogP contribution in [-0.2, 0) is 23.3 Å². The third kappa shape index (κ3) is 3.30. The van der Waals surface area contributed by atoms with Crippen LogP contribution in [0.1, 0.15) is 23.2 Å². The summed E-state index contributed by atoms with van der Waals surface area (Å²) in [4.78, 5) is 16.2. The van der Waals surface area contributed by atoms with Gasteiger partial charge in [-0.25, -0.2) is 9.97 Å². The zero-order valence-electron chi connectivity index (χ0n) is 15.5. The number of hydrogen-bond acceptors (Lipinski definition) is 5. The Morgan fingerprint density at radius 2 is 2.14 bits per heavy atom. The lowest BCUT2D eigenvalue weighted by Crippen LogP contribution is -2.40. The van der Waals surface area contributed by atoms with Crippen LogP contribution in [0.3, 0.4) is 0 Å². The summed E-state index contributed by atoms with van der Waals surface area (Å²) in [6, 6.07) is 12.0. The number of fused-ring (bicyclic) bond motifs is 2. The predicted molar refractivity (Wildman–Crippen MR) is 108 cm³/mol. The summed E-state index contributed by atoms with van der Waals surface area (Å²) in [6.07, 6.45) is 6.53. The van der Waals surface area contributed by atoms with Gasteiger partial charge in [0, 0.05) is 47.8 Å². The molecule has 0 radical (unpaired) electrons. The molecule has 142 valence electrons. The van der Waals surface area contributed by atoms with E-state index in [0.29, 0.717) is 13.2 Å². The average molecular weight is 393 g/mol. The number of halogens is 1. The average Bonchev–Trinajstić information content (AvgIpc) is 3.12. The van der Waals surface area contributed by atoms with E-state index in [4.69, 9.17) is 21.3 Å². The molecule has 0 amide bonds. The van der Waals surface area contributed by atoms with Crippen molar-refractivity contribution in [2.75, 3.05) is 19.7 Å². The van der Waals surface area contributed by atoms with Crippen molar-refractivity contribution in [2.24, 2.45) is 0 Å². The van der Waals surface area contributed by atoms with Crippen molar-refractivity contribution in [1.29, 1.82) is 0 Å². The van der Waals surface area contributed by atoms with Crippen molar-refractivity contribution in [3.05, 3.63) is 76.8 Å². The second-order valence-electron chi connectivity index (χ2n) is 7.67. The molecule has 0 bridgehead atoms. The minimum absolute atomic E-state index is 0.0773. The molecule has 1 aromatic carbocycles. The molecular formula is C22H21ClN4O. The Morgan fingerprint density at radius 3 is 3.00 bits per heavy atom. The Hall–Kier alpha value is -2.34. The van der Waals surface area contributed by atoms with Gasteiger partial charge in [0.15, 0.2) is 5.82 Å². The first-order valence-electron chi connectivity index (χ1n) is 9.53. The highest BCUT2D eigenvalue weighted by Gasteiger charge is 2.44. The minimum Gasteiger partial charge on any atom is -0.376 e. The lowest BCUT2D eigenvalue weighted by atomic mass is 9.80. The minimum atomic E-state index is -0.0773. The van der Waals surface area contributed by atoms with E-state index in [1.165, 1.54) is 5.56 Å². The van der Waals surface area contributed by atoms with Crippen LogP contribution in [0.4, 0.5) is 0 Å². The Labute approximate surface area is 169 Å². The molecule has 5 nitrogen and oxygen atoms in total. The molecule has 0 saturated carbocycles. The second kappa shape index (κ2) is 7.24. The highest BCUT2D eigenvalue weighted by molar-refractivity contribution is 6.30. The Morgan fingerprint density at radius 1 is 1.18 bits per heavy atom. The van der Waals surface area contributed by atoms with Crippen LogP contribution in [-0.4, -0.2) is 39.5 Å². The van der Waals surface area contributed by atoms with Gasteiger partial charge in [-0.15, -0.1) is 0 Å². The van der Waals surface area contributed by atoms with E-state index in [9.17, 15) is 0 Å². The summed E-state index contributed by atoms with van der Waals surface area (Å²) in [5.74, 6) is 0.737. The molecule has 0 N–H and O–H groups in total. The van der Waals surface area contributed by atoms with E-state index in [-0.39, 0.29) is 5.41 Å². The van der Waals surface area contributed by atoms with Crippen LogP contribution in [0.5, 0.6) is 0 Å². The molecule has 1 saturated heterocycles. The summed E-state index contributed by atoms with van der Waals surface area (Å²) in [7, 11) is 0. The summed E-state index contributed by atoms with van der Waals surface area (Å²) in [5.41, 5.74) is 4.34. The molecule has 3 aromatic rings. The van der Waals surface area contributed by atoms with Gasteiger partial charge in [0.05, 0.1) is 24.3 Å². The summed E-state index contributed by atoms with van der Waals surface area (Å²) in [6.45, 7) is 4.12. The number of pyridine rings is 1. The molecule has 2 aliphatic rings. The number of hydrogen-bond donors (Lipinski definition) is 0. The maximum atomic E-state index is 6.15. The van der Waals surface area contributed by atoms with Gasteiger partial charge in [-0.1, -0.05) is 23.7 Å². The molecule has 1 fully saturated rings. The van der Waals surface area contributed by atoms with Crippen LogP contribution in [0, 0.1) is 0 Å². The van der Waals surface area contributed by atoms with Crippen molar-refractivity contribution in [3.8, 4) is 11.4 Å². The van der Waals surface area contributed by atoms with Crippen molar-refractivity contribution < 1.29 is 4.74 Å². The first kappa shape index (κ1) is 17.7. The zero-order chi connectivity index (χ0) is 19.0. The molecule has 2 aliphatic heterocycles. The monoisotopic (exact) mass is 392 g/mol. The van der Waals surface area contributed by atoms with Crippen molar-refractivity contribution in [3.63, 3.8) is 0 Å². The van der Waals surface area contributed by atoms with Crippen LogP contribution >= 0.6 is 11.6 Å². The summed E-state index contributed by atoms with van der Waals surface area (Å²) in [5, 5.41) is 0.784. The lowest BCUT2D eigenvalue weighted by molar-refractivity contribution is 0.0503. The van der Waals surface area contributed by atoms with E-state index in [0.717, 1.165) is 53.7 Å².